The maximum Gasteiger partial charge on any atom is 0.343 e. The molecule has 0 aliphatic rings. The second-order valence-corrected chi connectivity index (χ2v) is 9.89. The fourth-order valence-electron chi connectivity index (χ4n) is 3.40. The van der Waals surface area contributed by atoms with Crippen LogP contribution in [0.1, 0.15) is 37.4 Å². The third kappa shape index (κ3) is 7.22. The largest absolute Gasteiger partial charge is 0.489 e. The van der Waals surface area contributed by atoms with Gasteiger partial charge in [-0.1, -0.05) is 63.4 Å². The number of rotatable bonds is 8. The highest BCUT2D eigenvalue weighted by Gasteiger charge is 2.14. The third-order valence-corrected chi connectivity index (χ3v) is 6.52. The van der Waals surface area contributed by atoms with Crippen molar-refractivity contribution in [2.45, 2.75) is 13.5 Å². The van der Waals surface area contributed by atoms with E-state index in [1.807, 2.05) is 19.1 Å². The summed E-state index contributed by atoms with van der Waals surface area (Å²) >= 11 is 15.5. The van der Waals surface area contributed by atoms with E-state index < -0.39 is 11.9 Å². The van der Waals surface area contributed by atoms with Gasteiger partial charge in [0, 0.05) is 31.2 Å². The van der Waals surface area contributed by atoms with E-state index in [0.717, 1.165) is 15.6 Å². The van der Waals surface area contributed by atoms with Gasteiger partial charge < -0.3 is 9.47 Å². The molecule has 0 aliphatic heterocycles. The lowest BCUT2D eigenvalue weighted by atomic mass is 10.1. The molecule has 6 nitrogen and oxygen atoms in total. The summed E-state index contributed by atoms with van der Waals surface area (Å²) in [5.41, 5.74) is 5.45. The summed E-state index contributed by atoms with van der Waals surface area (Å²) < 4.78 is 12.1. The standard InChI is InChI=1S/C29H21BrCl2N2O4/c1-18-4-2-3-5-25(18)29(36)38-27-13-9-22(30)14-21(27)16-33-34-28(35)19-7-11-24(12-8-19)37-17-20-6-10-23(31)15-26(20)32/h2-16H,17H2,1H3,(H,34,35)/b33-16-. The smallest absolute Gasteiger partial charge is 0.343 e. The summed E-state index contributed by atoms with van der Waals surface area (Å²) in [5.74, 6) is -0.0150. The molecule has 1 N–H and O–H groups in total. The SMILES string of the molecule is Cc1ccccc1C(=O)Oc1ccc(Br)cc1/C=N\NC(=O)c1ccc(OCc2ccc(Cl)cc2Cl)cc1. The minimum absolute atomic E-state index is 0.259. The lowest BCUT2D eigenvalue weighted by molar-refractivity contribution is 0.0733. The summed E-state index contributed by atoms with van der Waals surface area (Å²) in [7, 11) is 0. The van der Waals surface area contributed by atoms with E-state index in [1.54, 1.807) is 72.8 Å². The van der Waals surface area contributed by atoms with Crippen LogP contribution >= 0.6 is 39.1 Å². The summed E-state index contributed by atoms with van der Waals surface area (Å²) in [6.45, 7) is 2.10. The van der Waals surface area contributed by atoms with Crippen LogP contribution in [0.25, 0.3) is 0 Å². The fourth-order valence-corrected chi connectivity index (χ4v) is 4.24. The summed E-state index contributed by atoms with van der Waals surface area (Å²) in [6, 6.07) is 24.1. The monoisotopic (exact) mass is 610 g/mol. The molecule has 4 aromatic carbocycles. The van der Waals surface area contributed by atoms with Crippen LogP contribution in [0.4, 0.5) is 0 Å². The van der Waals surface area contributed by atoms with E-state index in [1.165, 1.54) is 6.21 Å². The number of ether oxygens (including phenoxy) is 2. The van der Waals surface area contributed by atoms with Gasteiger partial charge >= 0.3 is 5.97 Å². The van der Waals surface area contributed by atoms with Gasteiger partial charge in [-0.15, -0.1) is 0 Å². The van der Waals surface area contributed by atoms with Gasteiger partial charge in [-0.3, -0.25) is 4.79 Å². The quantitative estimate of drug-likeness (QED) is 0.0962. The van der Waals surface area contributed by atoms with Gasteiger partial charge in [0.25, 0.3) is 5.91 Å². The Labute approximate surface area is 238 Å². The van der Waals surface area contributed by atoms with Crippen molar-refractivity contribution in [3.05, 3.63) is 127 Å². The summed E-state index contributed by atoms with van der Waals surface area (Å²) in [5, 5.41) is 5.11. The zero-order chi connectivity index (χ0) is 27.1. The number of amides is 1. The van der Waals surface area contributed by atoms with Gasteiger partial charge in [-0.2, -0.15) is 5.10 Å². The summed E-state index contributed by atoms with van der Waals surface area (Å²) in [4.78, 5) is 25.2. The Kier molecular flexibility index (Phi) is 9.18. The highest BCUT2D eigenvalue weighted by Crippen LogP contribution is 2.24. The molecular weight excluding hydrogens is 591 g/mol. The van der Waals surface area contributed by atoms with Crippen molar-refractivity contribution in [1.29, 1.82) is 0 Å². The number of nitrogens with one attached hydrogen (secondary N) is 1. The maximum absolute atomic E-state index is 12.7. The molecular formula is C29H21BrCl2N2O4. The molecule has 1 amide bonds. The van der Waals surface area contributed by atoms with Crippen LogP contribution < -0.4 is 14.9 Å². The van der Waals surface area contributed by atoms with E-state index >= 15 is 0 Å². The molecule has 0 fully saturated rings. The van der Waals surface area contributed by atoms with Crippen LogP contribution in [0.2, 0.25) is 10.0 Å². The molecule has 0 radical (unpaired) electrons. The predicted octanol–water partition coefficient (Wildman–Crippen LogP) is 7.63. The Hall–Kier alpha value is -3.65. The van der Waals surface area contributed by atoms with Crippen molar-refractivity contribution in [2.24, 2.45) is 5.10 Å². The van der Waals surface area contributed by atoms with E-state index in [2.05, 4.69) is 26.5 Å². The van der Waals surface area contributed by atoms with Crippen molar-refractivity contribution < 1.29 is 19.1 Å². The van der Waals surface area contributed by atoms with Crippen LogP contribution in [-0.4, -0.2) is 18.1 Å². The van der Waals surface area contributed by atoms with Gasteiger partial charge in [-0.05, 0) is 73.2 Å². The number of hydrazone groups is 1. The van der Waals surface area contributed by atoms with Gasteiger partial charge in [-0.25, -0.2) is 10.2 Å². The van der Waals surface area contributed by atoms with Gasteiger partial charge in [0.05, 0.1) is 11.8 Å². The van der Waals surface area contributed by atoms with Crippen LogP contribution in [0, 0.1) is 6.92 Å². The number of nitrogens with zero attached hydrogens (tertiary/aromatic N) is 1. The normalized spacial score (nSPS) is 10.8. The number of benzene rings is 4. The minimum atomic E-state index is -0.482. The number of carbonyl (C=O) groups is 2. The van der Waals surface area contributed by atoms with Crippen LogP contribution in [0.5, 0.6) is 11.5 Å². The molecule has 0 spiro atoms. The maximum atomic E-state index is 12.7. The van der Waals surface area contributed by atoms with Crippen LogP contribution in [0.15, 0.2) is 94.5 Å². The van der Waals surface area contributed by atoms with Crippen LogP contribution in [0.3, 0.4) is 0 Å². The fraction of sp³-hybridized carbons (Fsp3) is 0.0690. The topological polar surface area (TPSA) is 77.0 Å². The van der Waals surface area contributed by atoms with E-state index in [4.69, 9.17) is 32.7 Å². The Balaban J connectivity index is 1.37. The second kappa shape index (κ2) is 12.7. The molecule has 4 rings (SSSR count). The molecule has 38 heavy (non-hydrogen) atoms. The van der Waals surface area contributed by atoms with Crippen molar-refractivity contribution in [2.75, 3.05) is 0 Å². The Morgan fingerprint density at radius 2 is 1.74 bits per heavy atom. The summed E-state index contributed by atoms with van der Waals surface area (Å²) in [6.07, 6.45) is 1.41. The number of halogens is 3. The lowest BCUT2D eigenvalue weighted by Gasteiger charge is -2.10. The first-order valence-electron chi connectivity index (χ1n) is 11.4. The Morgan fingerprint density at radius 3 is 2.47 bits per heavy atom. The van der Waals surface area contributed by atoms with E-state index in [0.29, 0.717) is 38.2 Å². The number of carbonyl (C=O) groups excluding carboxylic acids is 2. The zero-order valence-corrected chi connectivity index (χ0v) is 23.2. The highest BCUT2D eigenvalue weighted by molar-refractivity contribution is 9.10. The third-order valence-electron chi connectivity index (χ3n) is 5.44. The highest BCUT2D eigenvalue weighted by atomic mass is 79.9. The van der Waals surface area contributed by atoms with Crippen molar-refractivity contribution in [1.82, 2.24) is 5.43 Å². The first-order valence-corrected chi connectivity index (χ1v) is 12.9. The molecule has 192 valence electrons. The first-order chi connectivity index (χ1) is 18.3. The molecule has 9 heteroatoms. The lowest BCUT2D eigenvalue weighted by Crippen LogP contribution is -2.17. The molecule has 0 saturated carbocycles. The first kappa shape index (κ1) is 27.4. The Morgan fingerprint density at radius 1 is 0.974 bits per heavy atom. The number of hydrogen-bond acceptors (Lipinski definition) is 5. The molecule has 0 unspecified atom stereocenters. The molecule has 0 saturated heterocycles. The average molecular weight is 612 g/mol. The molecule has 0 atom stereocenters. The Bertz CT molecular complexity index is 1510. The number of hydrogen-bond donors (Lipinski definition) is 1. The average Bonchev–Trinajstić information content (AvgIpc) is 2.90. The molecule has 4 aromatic rings. The van der Waals surface area contributed by atoms with E-state index in [9.17, 15) is 9.59 Å². The molecule has 0 aromatic heterocycles. The second-order valence-electron chi connectivity index (χ2n) is 8.13. The van der Waals surface area contributed by atoms with Crippen molar-refractivity contribution in [3.63, 3.8) is 0 Å². The molecule has 0 bridgehead atoms. The number of aryl methyl sites for hydroxylation is 1. The number of esters is 1. The van der Waals surface area contributed by atoms with Gasteiger partial charge in [0.15, 0.2) is 0 Å². The minimum Gasteiger partial charge on any atom is -0.489 e. The van der Waals surface area contributed by atoms with Crippen LogP contribution in [-0.2, 0) is 6.61 Å². The zero-order valence-electron chi connectivity index (χ0n) is 20.1. The van der Waals surface area contributed by atoms with E-state index in [-0.39, 0.29) is 6.61 Å². The van der Waals surface area contributed by atoms with Crippen molar-refractivity contribution >= 4 is 57.2 Å². The van der Waals surface area contributed by atoms with Gasteiger partial charge in [0.2, 0.25) is 0 Å². The predicted molar refractivity (Wildman–Crippen MR) is 153 cm³/mol. The molecule has 0 heterocycles. The molecule has 0 aliphatic carbocycles. The van der Waals surface area contributed by atoms with Gasteiger partial charge in [0.1, 0.15) is 18.1 Å². The van der Waals surface area contributed by atoms with Crippen molar-refractivity contribution in [3.8, 4) is 11.5 Å².